The van der Waals surface area contributed by atoms with Crippen LogP contribution in [0.1, 0.15) is 0 Å². The average molecular weight is 337 g/mol. The molecular weight excluding hydrogens is 322 g/mol. The summed E-state index contributed by atoms with van der Waals surface area (Å²) in [6.45, 7) is 0. The molecule has 0 saturated carbocycles. The Morgan fingerprint density at radius 1 is 0.600 bits per heavy atom. The van der Waals surface area contributed by atoms with Gasteiger partial charge in [-0.05, 0) is 23.3 Å². The van der Waals surface area contributed by atoms with Crippen LogP contribution in [0.3, 0.4) is 0 Å². The third-order valence-electron chi connectivity index (χ3n) is 3.29. The molecule has 0 saturated heterocycles. The lowest BCUT2D eigenvalue weighted by Crippen LogP contribution is -1.90. The van der Waals surface area contributed by atoms with Crippen molar-refractivity contribution in [3.8, 4) is 11.1 Å². The lowest BCUT2D eigenvalue weighted by Gasteiger charge is -2.00. The SMILES string of the molecule is Nc1ccc(-c2ccccc2)cc1.O=[N+]([O-])c1ccc([N+](=O)[O-])cc1. The average Bonchev–Trinajstić information content (AvgIpc) is 2.63. The molecule has 0 aromatic heterocycles. The van der Waals surface area contributed by atoms with Crippen LogP contribution in [0.4, 0.5) is 17.1 Å². The summed E-state index contributed by atoms with van der Waals surface area (Å²) >= 11 is 0. The summed E-state index contributed by atoms with van der Waals surface area (Å²) in [5.74, 6) is 0. The molecule has 0 fully saturated rings. The molecule has 3 aromatic carbocycles. The molecule has 0 unspecified atom stereocenters. The molecule has 3 rings (SSSR count). The third-order valence-corrected chi connectivity index (χ3v) is 3.29. The highest BCUT2D eigenvalue weighted by Gasteiger charge is 2.08. The predicted octanol–water partition coefficient (Wildman–Crippen LogP) is 4.44. The number of rotatable bonds is 3. The summed E-state index contributed by atoms with van der Waals surface area (Å²) in [5, 5.41) is 20.2. The Bertz CT molecular complexity index is 815. The number of nitrogen functional groups attached to an aromatic ring is 1. The zero-order valence-corrected chi connectivity index (χ0v) is 13.1. The normalized spacial score (nSPS) is 9.60. The summed E-state index contributed by atoms with van der Waals surface area (Å²) in [7, 11) is 0. The smallest absolute Gasteiger partial charge is 0.269 e. The van der Waals surface area contributed by atoms with Crippen LogP contribution in [-0.2, 0) is 0 Å². The van der Waals surface area contributed by atoms with E-state index in [-0.39, 0.29) is 11.4 Å². The van der Waals surface area contributed by atoms with Crippen molar-refractivity contribution in [2.75, 3.05) is 5.73 Å². The van der Waals surface area contributed by atoms with Crippen LogP contribution in [0.25, 0.3) is 11.1 Å². The first-order chi connectivity index (χ1) is 12.0. The monoisotopic (exact) mass is 337 g/mol. The summed E-state index contributed by atoms with van der Waals surface area (Å²) in [4.78, 5) is 19.0. The Morgan fingerprint density at radius 3 is 1.40 bits per heavy atom. The van der Waals surface area contributed by atoms with Gasteiger partial charge in [-0.25, -0.2) is 0 Å². The Morgan fingerprint density at radius 2 is 1.00 bits per heavy atom. The molecule has 2 N–H and O–H groups in total. The molecule has 0 aliphatic rings. The van der Waals surface area contributed by atoms with Crippen LogP contribution in [0.5, 0.6) is 0 Å². The molecule has 0 aliphatic carbocycles. The van der Waals surface area contributed by atoms with Crippen molar-refractivity contribution in [1.29, 1.82) is 0 Å². The van der Waals surface area contributed by atoms with E-state index in [1.54, 1.807) is 0 Å². The van der Waals surface area contributed by atoms with Gasteiger partial charge in [-0.15, -0.1) is 0 Å². The molecular formula is C18H15N3O4. The maximum atomic E-state index is 10.1. The van der Waals surface area contributed by atoms with E-state index in [1.165, 1.54) is 11.1 Å². The molecule has 3 aromatic rings. The number of hydrogen-bond donors (Lipinski definition) is 1. The Labute approximate surface area is 143 Å². The standard InChI is InChI=1S/C12H11N.C6H4N2O4/c13-12-8-6-11(7-9-12)10-4-2-1-3-5-10;9-7(10)5-1-2-6(4-3-5)8(11)12/h1-9H,13H2;1-4H. The predicted molar refractivity (Wildman–Crippen MR) is 96.0 cm³/mol. The molecule has 0 radical (unpaired) electrons. The minimum Gasteiger partial charge on any atom is -0.399 e. The molecule has 126 valence electrons. The highest BCUT2D eigenvalue weighted by atomic mass is 16.6. The molecule has 0 bridgehead atoms. The van der Waals surface area contributed by atoms with E-state index in [1.807, 2.05) is 42.5 Å². The lowest BCUT2D eigenvalue weighted by molar-refractivity contribution is -0.389. The maximum Gasteiger partial charge on any atom is 0.269 e. The van der Waals surface area contributed by atoms with E-state index in [0.717, 1.165) is 30.0 Å². The summed E-state index contributed by atoms with van der Waals surface area (Å²) in [5.41, 5.74) is 8.53. The maximum absolute atomic E-state index is 10.1. The fourth-order valence-electron chi connectivity index (χ4n) is 2.00. The van der Waals surface area contributed by atoms with Gasteiger partial charge in [0.15, 0.2) is 0 Å². The number of nitro benzene ring substituents is 2. The van der Waals surface area contributed by atoms with Crippen LogP contribution < -0.4 is 5.73 Å². The van der Waals surface area contributed by atoms with Gasteiger partial charge in [-0.3, -0.25) is 20.2 Å². The van der Waals surface area contributed by atoms with E-state index in [9.17, 15) is 20.2 Å². The van der Waals surface area contributed by atoms with E-state index < -0.39 is 9.85 Å². The molecule has 7 heteroatoms. The fourth-order valence-corrected chi connectivity index (χ4v) is 2.00. The van der Waals surface area contributed by atoms with Crippen molar-refractivity contribution < 1.29 is 9.85 Å². The lowest BCUT2D eigenvalue weighted by atomic mass is 10.1. The van der Waals surface area contributed by atoms with Crippen LogP contribution in [0.15, 0.2) is 78.9 Å². The number of non-ortho nitro benzene ring substituents is 2. The molecule has 0 spiro atoms. The van der Waals surface area contributed by atoms with Crippen molar-refractivity contribution in [3.63, 3.8) is 0 Å². The van der Waals surface area contributed by atoms with Gasteiger partial charge in [0.05, 0.1) is 9.85 Å². The van der Waals surface area contributed by atoms with Crippen LogP contribution in [0.2, 0.25) is 0 Å². The second-order valence-electron chi connectivity index (χ2n) is 5.02. The van der Waals surface area contributed by atoms with E-state index in [4.69, 9.17) is 5.73 Å². The number of anilines is 1. The molecule has 0 aliphatic heterocycles. The first kappa shape index (κ1) is 17.6. The van der Waals surface area contributed by atoms with Gasteiger partial charge < -0.3 is 5.73 Å². The summed E-state index contributed by atoms with van der Waals surface area (Å²) in [6, 6.07) is 22.5. The zero-order chi connectivity index (χ0) is 18.2. The minimum atomic E-state index is -0.607. The van der Waals surface area contributed by atoms with Gasteiger partial charge >= 0.3 is 0 Å². The van der Waals surface area contributed by atoms with E-state index in [0.29, 0.717) is 0 Å². The largest absolute Gasteiger partial charge is 0.399 e. The van der Waals surface area contributed by atoms with Gasteiger partial charge in [-0.1, -0.05) is 42.5 Å². The number of nitrogens with two attached hydrogens (primary N) is 1. The molecule has 0 atom stereocenters. The second-order valence-corrected chi connectivity index (χ2v) is 5.02. The third kappa shape index (κ3) is 5.14. The first-order valence-electron chi connectivity index (χ1n) is 7.27. The number of nitro groups is 2. The van der Waals surface area contributed by atoms with Crippen molar-refractivity contribution >= 4 is 17.1 Å². The minimum absolute atomic E-state index is 0.152. The van der Waals surface area contributed by atoms with E-state index in [2.05, 4.69) is 12.1 Å². The highest BCUT2D eigenvalue weighted by molar-refractivity contribution is 5.65. The van der Waals surface area contributed by atoms with Crippen LogP contribution >= 0.6 is 0 Å². The second kappa shape index (κ2) is 8.21. The van der Waals surface area contributed by atoms with Crippen molar-refractivity contribution in [3.05, 3.63) is 99.1 Å². The van der Waals surface area contributed by atoms with E-state index >= 15 is 0 Å². The van der Waals surface area contributed by atoms with Gasteiger partial charge in [-0.2, -0.15) is 0 Å². The van der Waals surface area contributed by atoms with Crippen LogP contribution in [0, 0.1) is 20.2 Å². The fraction of sp³-hybridized carbons (Fsp3) is 0. The molecule has 7 nitrogen and oxygen atoms in total. The molecule has 0 heterocycles. The highest BCUT2D eigenvalue weighted by Crippen LogP contribution is 2.19. The zero-order valence-electron chi connectivity index (χ0n) is 13.1. The van der Waals surface area contributed by atoms with Crippen LogP contribution in [-0.4, -0.2) is 9.85 Å². The van der Waals surface area contributed by atoms with Crippen molar-refractivity contribution in [2.24, 2.45) is 0 Å². The van der Waals surface area contributed by atoms with Crippen molar-refractivity contribution in [1.82, 2.24) is 0 Å². The molecule has 0 amide bonds. The number of nitrogens with zero attached hydrogens (tertiary/aromatic N) is 2. The first-order valence-corrected chi connectivity index (χ1v) is 7.27. The number of hydrogen-bond acceptors (Lipinski definition) is 5. The Kier molecular flexibility index (Phi) is 5.78. The Hall–Kier alpha value is -3.74. The quantitative estimate of drug-likeness (QED) is 0.431. The van der Waals surface area contributed by atoms with Gasteiger partial charge in [0.2, 0.25) is 0 Å². The van der Waals surface area contributed by atoms with Gasteiger partial charge in [0.25, 0.3) is 11.4 Å². The molecule has 25 heavy (non-hydrogen) atoms. The number of benzene rings is 3. The Balaban J connectivity index is 0.000000181. The topological polar surface area (TPSA) is 112 Å². The summed E-state index contributed by atoms with van der Waals surface area (Å²) < 4.78 is 0. The van der Waals surface area contributed by atoms with Crippen molar-refractivity contribution in [2.45, 2.75) is 0 Å². The summed E-state index contributed by atoms with van der Waals surface area (Å²) in [6.07, 6.45) is 0. The van der Waals surface area contributed by atoms with Gasteiger partial charge in [0, 0.05) is 30.0 Å². The van der Waals surface area contributed by atoms with Gasteiger partial charge in [0.1, 0.15) is 0 Å².